The van der Waals surface area contributed by atoms with E-state index in [1.54, 1.807) is 24.3 Å². The van der Waals surface area contributed by atoms with Crippen LogP contribution in [0.1, 0.15) is 11.1 Å². The van der Waals surface area contributed by atoms with E-state index in [2.05, 4.69) is 0 Å². The summed E-state index contributed by atoms with van der Waals surface area (Å²) in [4.78, 5) is 11.3. The number of nitrogens with two attached hydrogens (primary N) is 1. The summed E-state index contributed by atoms with van der Waals surface area (Å²) < 4.78 is 22.3. The zero-order valence-corrected chi connectivity index (χ0v) is 17.6. The highest BCUT2D eigenvalue weighted by Crippen LogP contribution is 2.21. The van der Waals surface area contributed by atoms with Gasteiger partial charge in [0.2, 0.25) is 6.29 Å². The van der Waals surface area contributed by atoms with Gasteiger partial charge in [0.1, 0.15) is 24.7 Å². The highest BCUT2D eigenvalue weighted by molar-refractivity contribution is 5.71. The standard InChI is InChI=1S/C25H27NO6/c26-15-24(28)30-18-23(27)25(31-17-20-9-5-2-6-10-20)32-22-13-11-21(12-14-22)29-16-19-7-3-1-4-8-19/h1-14,23,25,27H,15-18,26H2. The van der Waals surface area contributed by atoms with Gasteiger partial charge in [0.15, 0.2) is 6.10 Å². The molecule has 2 unspecified atom stereocenters. The third kappa shape index (κ3) is 7.70. The van der Waals surface area contributed by atoms with E-state index in [0.717, 1.165) is 11.1 Å². The largest absolute Gasteiger partial charge is 0.489 e. The molecule has 168 valence electrons. The first-order valence-corrected chi connectivity index (χ1v) is 10.3. The van der Waals surface area contributed by atoms with Crippen LogP contribution in [-0.2, 0) is 27.5 Å². The number of ether oxygens (including phenoxy) is 4. The Balaban J connectivity index is 1.59. The predicted octanol–water partition coefficient (Wildman–Crippen LogP) is 3.05. The quantitative estimate of drug-likeness (QED) is 0.332. The SMILES string of the molecule is NCC(=O)OCC(O)C(OCc1ccccc1)Oc1ccc(OCc2ccccc2)cc1. The highest BCUT2D eigenvalue weighted by Gasteiger charge is 2.24. The van der Waals surface area contributed by atoms with Crippen LogP contribution in [0.2, 0.25) is 0 Å². The Labute approximate surface area is 187 Å². The van der Waals surface area contributed by atoms with Gasteiger partial charge in [0, 0.05) is 0 Å². The molecule has 0 fully saturated rings. The molecule has 3 aromatic carbocycles. The lowest BCUT2D eigenvalue weighted by Gasteiger charge is -2.24. The van der Waals surface area contributed by atoms with Gasteiger partial charge in [-0.25, -0.2) is 0 Å². The Hall–Kier alpha value is -3.39. The molecular weight excluding hydrogens is 410 g/mol. The molecule has 0 aliphatic heterocycles. The maximum atomic E-state index is 11.3. The molecule has 3 rings (SSSR count). The van der Waals surface area contributed by atoms with Crippen LogP contribution in [0, 0.1) is 0 Å². The topological polar surface area (TPSA) is 100 Å². The van der Waals surface area contributed by atoms with Gasteiger partial charge in [-0.3, -0.25) is 4.79 Å². The number of esters is 1. The Morgan fingerprint density at radius 1 is 0.812 bits per heavy atom. The zero-order chi connectivity index (χ0) is 22.6. The van der Waals surface area contributed by atoms with Crippen molar-refractivity contribution in [2.45, 2.75) is 25.6 Å². The van der Waals surface area contributed by atoms with E-state index in [4.69, 9.17) is 24.7 Å². The van der Waals surface area contributed by atoms with Crippen molar-refractivity contribution >= 4 is 5.97 Å². The summed E-state index contributed by atoms with van der Waals surface area (Å²) in [5, 5.41) is 10.5. The Morgan fingerprint density at radius 2 is 1.38 bits per heavy atom. The number of aliphatic hydroxyl groups is 1. The molecule has 0 saturated heterocycles. The van der Waals surface area contributed by atoms with Gasteiger partial charge in [-0.15, -0.1) is 0 Å². The number of hydrogen-bond acceptors (Lipinski definition) is 7. The van der Waals surface area contributed by atoms with Crippen LogP contribution in [-0.4, -0.2) is 36.6 Å². The smallest absolute Gasteiger partial charge is 0.319 e. The van der Waals surface area contributed by atoms with Gasteiger partial charge in [-0.05, 0) is 35.4 Å². The lowest BCUT2D eigenvalue weighted by atomic mass is 10.2. The van der Waals surface area contributed by atoms with E-state index < -0.39 is 18.4 Å². The van der Waals surface area contributed by atoms with E-state index in [1.165, 1.54) is 0 Å². The van der Waals surface area contributed by atoms with Crippen molar-refractivity contribution < 1.29 is 28.8 Å². The average molecular weight is 437 g/mol. The van der Waals surface area contributed by atoms with Crippen molar-refractivity contribution in [3.63, 3.8) is 0 Å². The number of rotatable bonds is 12. The molecule has 0 radical (unpaired) electrons. The van der Waals surface area contributed by atoms with Crippen molar-refractivity contribution in [2.75, 3.05) is 13.2 Å². The fraction of sp³-hybridized carbons (Fsp3) is 0.240. The third-order valence-corrected chi connectivity index (χ3v) is 4.48. The fourth-order valence-corrected chi connectivity index (χ4v) is 2.78. The average Bonchev–Trinajstić information content (AvgIpc) is 2.85. The number of carbonyl (C=O) groups is 1. The van der Waals surface area contributed by atoms with Crippen LogP contribution >= 0.6 is 0 Å². The van der Waals surface area contributed by atoms with Gasteiger partial charge in [-0.2, -0.15) is 0 Å². The summed E-state index contributed by atoms with van der Waals surface area (Å²) in [5.41, 5.74) is 7.22. The summed E-state index contributed by atoms with van der Waals surface area (Å²) in [6.07, 6.45) is -2.26. The van der Waals surface area contributed by atoms with E-state index in [1.807, 2.05) is 60.7 Å². The van der Waals surface area contributed by atoms with Crippen molar-refractivity contribution in [3.05, 3.63) is 96.1 Å². The molecule has 7 nitrogen and oxygen atoms in total. The van der Waals surface area contributed by atoms with Gasteiger partial charge < -0.3 is 29.8 Å². The van der Waals surface area contributed by atoms with Crippen LogP contribution in [0.4, 0.5) is 0 Å². The first-order valence-electron chi connectivity index (χ1n) is 10.3. The van der Waals surface area contributed by atoms with Gasteiger partial charge >= 0.3 is 5.97 Å². The molecule has 7 heteroatoms. The minimum Gasteiger partial charge on any atom is -0.489 e. The van der Waals surface area contributed by atoms with Crippen LogP contribution in [0.5, 0.6) is 11.5 Å². The van der Waals surface area contributed by atoms with Crippen LogP contribution in [0.15, 0.2) is 84.9 Å². The Kier molecular flexibility index (Phi) is 9.06. The zero-order valence-electron chi connectivity index (χ0n) is 17.6. The van der Waals surface area contributed by atoms with E-state index in [-0.39, 0.29) is 19.8 Å². The second kappa shape index (κ2) is 12.5. The Morgan fingerprint density at radius 3 is 1.97 bits per heavy atom. The third-order valence-electron chi connectivity index (χ3n) is 4.48. The van der Waals surface area contributed by atoms with Crippen LogP contribution in [0.3, 0.4) is 0 Å². The fourth-order valence-electron chi connectivity index (χ4n) is 2.78. The highest BCUT2D eigenvalue weighted by atomic mass is 16.7. The molecule has 3 aromatic rings. The monoisotopic (exact) mass is 437 g/mol. The molecule has 0 aliphatic rings. The predicted molar refractivity (Wildman–Crippen MR) is 119 cm³/mol. The number of hydrogen-bond donors (Lipinski definition) is 2. The second-order valence-electron chi connectivity index (χ2n) is 6.98. The summed E-state index contributed by atoms with van der Waals surface area (Å²) in [6.45, 7) is 0.0993. The summed E-state index contributed by atoms with van der Waals surface area (Å²) in [7, 11) is 0. The first-order chi connectivity index (χ1) is 15.6. The van der Waals surface area contributed by atoms with Crippen molar-refractivity contribution in [1.29, 1.82) is 0 Å². The molecule has 0 saturated carbocycles. The molecule has 32 heavy (non-hydrogen) atoms. The van der Waals surface area contributed by atoms with Gasteiger partial charge in [0.25, 0.3) is 0 Å². The van der Waals surface area contributed by atoms with E-state index >= 15 is 0 Å². The molecule has 3 N–H and O–H groups in total. The van der Waals surface area contributed by atoms with Crippen molar-refractivity contribution in [3.8, 4) is 11.5 Å². The van der Waals surface area contributed by atoms with Crippen LogP contribution in [0.25, 0.3) is 0 Å². The maximum Gasteiger partial charge on any atom is 0.319 e. The van der Waals surface area contributed by atoms with Crippen LogP contribution < -0.4 is 15.2 Å². The molecule has 0 amide bonds. The maximum absolute atomic E-state index is 11.3. The molecule has 0 heterocycles. The molecule has 2 atom stereocenters. The van der Waals surface area contributed by atoms with Gasteiger partial charge in [0.05, 0.1) is 13.2 Å². The minimum absolute atomic E-state index is 0.214. The lowest BCUT2D eigenvalue weighted by Crippen LogP contribution is -2.38. The lowest BCUT2D eigenvalue weighted by molar-refractivity contribution is -0.174. The summed E-state index contributed by atoms with van der Waals surface area (Å²) >= 11 is 0. The van der Waals surface area contributed by atoms with E-state index in [9.17, 15) is 9.90 Å². The molecule has 0 spiro atoms. The molecule has 0 bridgehead atoms. The molecule has 0 aromatic heterocycles. The van der Waals surface area contributed by atoms with Crippen molar-refractivity contribution in [1.82, 2.24) is 0 Å². The number of aliphatic hydroxyl groups excluding tert-OH is 1. The first kappa shape index (κ1) is 23.3. The Bertz CT molecular complexity index is 934. The summed E-state index contributed by atoms with van der Waals surface area (Å²) in [5.74, 6) is 0.533. The minimum atomic E-state index is -1.21. The normalized spacial score (nSPS) is 12.6. The molecule has 0 aliphatic carbocycles. The second-order valence-corrected chi connectivity index (χ2v) is 6.98. The van der Waals surface area contributed by atoms with E-state index in [0.29, 0.717) is 18.1 Å². The number of benzene rings is 3. The van der Waals surface area contributed by atoms with Gasteiger partial charge in [-0.1, -0.05) is 60.7 Å². The summed E-state index contributed by atoms with van der Waals surface area (Å²) in [6, 6.07) is 26.3. The van der Waals surface area contributed by atoms with Crippen molar-refractivity contribution in [2.24, 2.45) is 5.73 Å². The molecular formula is C25H27NO6. The number of carbonyl (C=O) groups excluding carboxylic acids is 1.